The molecule has 3 aromatic rings. The van der Waals surface area contributed by atoms with Crippen LogP contribution in [-0.4, -0.2) is 16.5 Å². The maximum atomic E-state index is 13.7. The van der Waals surface area contributed by atoms with Crippen LogP contribution >= 0.6 is 11.6 Å². The summed E-state index contributed by atoms with van der Waals surface area (Å²) >= 11 is 6.06. The van der Waals surface area contributed by atoms with Crippen LogP contribution in [-0.2, 0) is 0 Å². The lowest BCUT2D eigenvalue weighted by Gasteiger charge is -2.05. The minimum absolute atomic E-state index is 0.218. The number of pyridine rings is 1. The molecule has 0 saturated carbocycles. The van der Waals surface area contributed by atoms with Crippen molar-refractivity contribution in [3.8, 4) is 17.0 Å². The van der Waals surface area contributed by atoms with Crippen LogP contribution in [0.5, 0.6) is 5.75 Å². The van der Waals surface area contributed by atoms with Crippen molar-refractivity contribution < 1.29 is 9.13 Å². The monoisotopic (exact) mass is 276 g/mol. The Bertz CT molecular complexity index is 754. The Labute approximate surface area is 114 Å². The van der Waals surface area contributed by atoms with Gasteiger partial charge in [-0.15, -0.1) is 0 Å². The van der Waals surface area contributed by atoms with Crippen molar-refractivity contribution >= 4 is 17.2 Å². The molecule has 0 amide bonds. The second-order valence-corrected chi connectivity index (χ2v) is 4.45. The number of ether oxygens (including phenoxy) is 1. The van der Waals surface area contributed by atoms with Crippen LogP contribution in [0.2, 0.25) is 5.02 Å². The molecular weight excluding hydrogens is 267 g/mol. The molecule has 0 spiro atoms. The van der Waals surface area contributed by atoms with E-state index in [1.807, 2.05) is 16.7 Å². The van der Waals surface area contributed by atoms with E-state index in [1.54, 1.807) is 24.4 Å². The fourth-order valence-corrected chi connectivity index (χ4v) is 2.23. The van der Waals surface area contributed by atoms with Crippen molar-refractivity contribution in [3.63, 3.8) is 0 Å². The summed E-state index contributed by atoms with van der Waals surface area (Å²) in [5, 5.41) is 0.558. The summed E-state index contributed by atoms with van der Waals surface area (Å²) in [5.41, 5.74) is 2.14. The molecule has 0 aliphatic rings. The number of nitrogens with zero attached hydrogens (tertiary/aromatic N) is 2. The third-order valence-electron chi connectivity index (χ3n) is 2.94. The van der Waals surface area contributed by atoms with Gasteiger partial charge in [0.1, 0.15) is 0 Å². The number of benzene rings is 1. The summed E-state index contributed by atoms with van der Waals surface area (Å²) < 4.78 is 20.5. The zero-order chi connectivity index (χ0) is 13.4. The summed E-state index contributed by atoms with van der Waals surface area (Å²) in [6.07, 6.45) is 3.51. The van der Waals surface area contributed by atoms with Gasteiger partial charge in [-0.25, -0.2) is 9.37 Å². The van der Waals surface area contributed by atoms with E-state index < -0.39 is 5.82 Å². The molecule has 3 rings (SSSR count). The molecule has 5 heteroatoms. The first-order chi connectivity index (χ1) is 9.20. The lowest BCUT2D eigenvalue weighted by molar-refractivity contribution is 0.386. The summed E-state index contributed by atoms with van der Waals surface area (Å²) in [6.45, 7) is 0. The van der Waals surface area contributed by atoms with Gasteiger partial charge in [0.25, 0.3) is 0 Å². The van der Waals surface area contributed by atoms with E-state index in [0.717, 1.165) is 5.69 Å². The second-order valence-electron chi connectivity index (χ2n) is 4.04. The summed E-state index contributed by atoms with van der Waals surface area (Å²) in [7, 11) is 1.44. The normalized spacial score (nSPS) is 10.9. The van der Waals surface area contributed by atoms with Crippen LogP contribution in [0.4, 0.5) is 4.39 Å². The molecule has 3 nitrogen and oxygen atoms in total. The van der Waals surface area contributed by atoms with Gasteiger partial charge >= 0.3 is 0 Å². The van der Waals surface area contributed by atoms with Crippen LogP contribution < -0.4 is 4.74 Å². The fourth-order valence-electron chi connectivity index (χ4n) is 2.02. The van der Waals surface area contributed by atoms with Gasteiger partial charge in [-0.2, -0.15) is 0 Å². The minimum Gasteiger partial charge on any atom is -0.494 e. The van der Waals surface area contributed by atoms with Gasteiger partial charge in [-0.3, -0.25) is 4.40 Å². The molecule has 96 valence electrons. The summed E-state index contributed by atoms with van der Waals surface area (Å²) in [6, 6.07) is 8.38. The molecule has 0 bridgehead atoms. The Morgan fingerprint density at radius 1 is 1.32 bits per heavy atom. The third-order valence-corrected chi connectivity index (χ3v) is 3.23. The number of methoxy groups -OCH3 is 1. The molecule has 0 aliphatic heterocycles. The lowest BCUT2D eigenvalue weighted by atomic mass is 10.1. The molecule has 1 aromatic carbocycles. The van der Waals surface area contributed by atoms with E-state index in [1.165, 1.54) is 13.2 Å². The molecule has 2 heterocycles. The maximum Gasteiger partial charge on any atom is 0.165 e. The first-order valence-corrected chi connectivity index (χ1v) is 6.04. The molecule has 2 aromatic heterocycles. The topological polar surface area (TPSA) is 26.5 Å². The van der Waals surface area contributed by atoms with Crippen molar-refractivity contribution in [1.29, 1.82) is 0 Å². The highest BCUT2D eigenvalue weighted by Gasteiger charge is 2.10. The molecular formula is C14H10ClFN2O. The number of halogens is 2. The second kappa shape index (κ2) is 4.55. The SMILES string of the molecule is COc1ccc(-c2cnc3c(Cl)cccn23)cc1F. The number of fused-ring (bicyclic) bond motifs is 1. The standard InChI is InChI=1S/C14H10ClFN2O/c1-19-13-5-4-9(7-11(13)16)12-8-17-14-10(15)3-2-6-18(12)14/h2-8H,1H3. The predicted octanol–water partition coefficient (Wildman–Crippen LogP) is 3.80. The average Bonchev–Trinajstić information content (AvgIpc) is 2.84. The van der Waals surface area contributed by atoms with E-state index in [9.17, 15) is 4.39 Å². The smallest absolute Gasteiger partial charge is 0.165 e. The molecule has 0 radical (unpaired) electrons. The van der Waals surface area contributed by atoms with Gasteiger partial charge in [0, 0.05) is 11.8 Å². The van der Waals surface area contributed by atoms with Crippen molar-refractivity contribution in [1.82, 2.24) is 9.38 Å². The number of imidazole rings is 1. The van der Waals surface area contributed by atoms with Crippen molar-refractivity contribution in [2.24, 2.45) is 0 Å². The van der Waals surface area contributed by atoms with Crippen LogP contribution in [0.25, 0.3) is 16.9 Å². The highest BCUT2D eigenvalue weighted by Crippen LogP contribution is 2.27. The van der Waals surface area contributed by atoms with E-state index >= 15 is 0 Å². The molecule has 0 saturated heterocycles. The fraction of sp³-hybridized carbons (Fsp3) is 0.0714. The molecule has 0 aliphatic carbocycles. The van der Waals surface area contributed by atoms with Crippen LogP contribution in [0.15, 0.2) is 42.7 Å². The number of rotatable bonds is 2. The van der Waals surface area contributed by atoms with Crippen molar-refractivity contribution in [2.75, 3.05) is 7.11 Å². The van der Waals surface area contributed by atoms with Gasteiger partial charge < -0.3 is 4.74 Å². The van der Waals surface area contributed by atoms with E-state index in [4.69, 9.17) is 16.3 Å². The lowest BCUT2D eigenvalue weighted by Crippen LogP contribution is -1.91. The Hall–Kier alpha value is -2.07. The molecule has 0 unspecified atom stereocenters. The van der Waals surface area contributed by atoms with Gasteiger partial charge in [0.15, 0.2) is 17.2 Å². The quantitative estimate of drug-likeness (QED) is 0.712. The molecule has 0 atom stereocenters. The van der Waals surface area contributed by atoms with Gasteiger partial charge in [-0.1, -0.05) is 11.6 Å². The van der Waals surface area contributed by atoms with Crippen molar-refractivity contribution in [2.45, 2.75) is 0 Å². The Morgan fingerprint density at radius 3 is 2.89 bits per heavy atom. The predicted molar refractivity (Wildman–Crippen MR) is 72.1 cm³/mol. The Kier molecular flexibility index (Phi) is 2.87. The largest absolute Gasteiger partial charge is 0.494 e. The van der Waals surface area contributed by atoms with Gasteiger partial charge in [0.2, 0.25) is 0 Å². The molecule has 0 fully saturated rings. The highest BCUT2D eigenvalue weighted by atomic mass is 35.5. The van der Waals surface area contributed by atoms with Crippen LogP contribution in [0.3, 0.4) is 0 Å². The highest BCUT2D eigenvalue weighted by molar-refractivity contribution is 6.33. The van der Waals surface area contributed by atoms with Crippen LogP contribution in [0.1, 0.15) is 0 Å². The van der Waals surface area contributed by atoms with E-state index in [0.29, 0.717) is 16.2 Å². The zero-order valence-corrected chi connectivity index (χ0v) is 10.9. The van der Waals surface area contributed by atoms with Gasteiger partial charge in [0.05, 0.1) is 24.0 Å². The van der Waals surface area contributed by atoms with Crippen molar-refractivity contribution in [3.05, 3.63) is 53.6 Å². The molecule has 19 heavy (non-hydrogen) atoms. The third kappa shape index (κ3) is 1.94. The molecule has 0 N–H and O–H groups in total. The summed E-state index contributed by atoms with van der Waals surface area (Å²) in [4.78, 5) is 4.24. The zero-order valence-electron chi connectivity index (χ0n) is 10.1. The van der Waals surface area contributed by atoms with E-state index in [-0.39, 0.29) is 5.75 Å². The average molecular weight is 277 g/mol. The summed E-state index contributed by atoms with van der Waals surface area (Å²) in [5.74, 6) is -0.187. The maximum absolute atomic E-state index is 13.7. The minimum atomic E-state index is -0.406. The Balaban J connectivity index is 2.19. The van der Waals surface area contributed by atoms with Crippen LogP contribution in [0, 0.1) is 5.82 Å². The van der Waals surface area contributed by atoms with Gasteiger partial charge in [-0.05, 0) is 30.3 Å². The number of hydrogen-bond donors (Lipinski definition) is 0. The van der Waals surface area contributed by atoms with E-state index in [2.05, 4.69) is 4.98 Å². The first kappa shape index (κ1) is 12.0. The first-order valence-electron chi connectivity index (χ1n) is 5.66. The Morgan fingerprint density at radius 2 is 2.16 bits per heavy atom. The number of hydrogen-bond acceptors (Lipinski definition) is 2. The number of aromatic nitrogens is 2.